The number of benzene rings is 1. The molecule has 1 aromatic heterocycles. The lowest BCUT2D eigenvalue weighted by Crippen LogP contribution is -2.33. The number of aromatic amines is 1. The minimum atomic E-state index is -5.72. The molecular formula is C14H8F5NO3. The van der Waals surface area contributed by atoms with Gasteiger partial charge in [0, 0.05) is 11.3 Å². The van der Waals surface area contributed by atoms with E-state index in [1.165, 1.54) is 6.07 Å². The van der Waals surface area contributed by atoms with Gasteiger partial charge in [-0.3, -0.25) is 4.79 Å². The number of carboxylic acid groups (broad SMARTS) is 1. The van der Waals surface area contributed by atoms with Crippen molar-refractivity contribution in [2.45, 2.75) is 12.1 Å². The second-order valence-electron chi connectivity index (χ2n) is 4.57. The van der Waals surface area contributed by atoms with E-state index in [0.717, 1.165) is 18.2 Å². The number of aromatic carboxylic acids is 1. The Morgan fingerprint density at radius 3 is 1.96 bits per heavy atom. The molecule has 0 atom stereocenters. The van der Waals surface area contributed by atoms with Crippen LogP contribution in [0.1, 0.15) is 15.9 Å². The first-order valence-electron chi connectivity index (χ1n) is 6.06. The number of carbonyl (C=O) groups is 1. The first-order chi connectivity index (χ1) is 10.5. The zero-order chi connectivity index (χ0) is 17.4. The van der Waals surface area contributed by atoms with Crippen LogP contribution in [0.25, 0.3) is 11.3 Å². The number of aromatic nitrogens is 1. The summed E-state index contributed by atoms with van der Waals surface area (Å²) >= 11 is 0. The van der Waals surface area contributed by atoms with Gasteiger partial charge in [-0.25, -0.2) is 4.79 Å². The standard InChI is InChI=1S/C14H8F5NO3/c15-13(16,14(17,18)19)8-3-1-7(2-4-8)10-6-5-9(12(22)23)11(21)20-10/h1-6H,(H,20,21)(H,22,23). The van der Waals surface area contributed by atoms with Gasteiger partial charge in [-0.15, -0.1) is 0 Å². The van der Waals surface area contributed by atoms with Crippen LogP contribution in [-0.4, -0.2) is 22.2 Å². The molecule has 9 heteroatoms. The normalized spacial score (nSPS) is 12.2. The van der Waals surface area contributed by atoms with E-state index < -0.39 is 34.8 Å². The Labute approximate surface area is 125 Å². The lowest BCUT2D eigenvalue weighted by Gasteiger charge is -2.20. The van der Waals surface area contributed by atoms with Crippen LogP contribution in [0.3, 0.4) is 0 Å². The second-order valence-corrected chi connectivity index (χ2v) is 4.57. The fourth-order valence-electron chi connectivity index (χ4n) is 1.83. The quantitative estimate of drug-likeness (QED) is 0.846. The van der Waals surface area contributed by atoms with Gasteiger partial charge in [0.15, 0.2) is 0 Å². The first-order valence-corrected chi connectivity index (χ1v) is 6.06. The number of pyridine rings is 1. The van der Waals surface area contributed by atoms with Crippen molar-refractivity contribution >= 4 is 5.97 Å². The third-order valence-corrected chi connectivity index (χ3v) is 3.05. The van der Waals surface area contributed by atoms with E-state index in [0.29, 0.717) is 12.1 Å². The zero-order valence-corrected chi connectivity index (χ0v) is 11.1. The summed E-state index contributed by atoms with van der Waals surface area (Å²) in [6.07, 6.45) is -5.72. The van der Waals surface area contributed by atoms with Crippen molar-refractivity contribution in [1.82, 2.24) is 4.98 Å². The van der Waals surface area contributed by atoms with Gasteiger partial charge in [-0.2, -0.15) is 22.0 Å². The van der Waals surface area contributed by atoms with Crippen LogP contribution < -0.4 is 5.56 Å². The van der Waals surface area contributed by atoms with Gasteiger partial charge >= 0.3 is 18.1 Å². The molecule has 0 aliphatic rings. The van der Waals surface area contributed by atoms with Gasteiger partial charge in [0.25, 0.3) is 5.56 Å². The summed E-state index contributed by atoms with van der Waals surface area (Å²) in [5.41, 5.74) is -2.44. The Morgan fingerprint density at radius 2 is 1.52 bits per heavy atom. The molecule has 0 saturated carbocycles. The third kappa shape index (κ3) is 3.08. The highest BCUT2D eigenvalue weighted by molar-refractivity contribution is 5.87. The van der Waals surface area contributed by atoms with Crippen molar-refractivity contribution in [2.24, 2.45) is 0 Å². The Balaban J connectivity index is 2.39. The van der Waals surface area contributed by atoms with Gasteiger partial charge in [-0.1, -0.05) is 24.3 Å². The fraction of sp³-hybridized carbons (Fsp3) is 0.143. The Morgan fingerprint density at radius 1 is 0.957 bits per heavy atom. The lowest BCUT2D eigenvalue weighted by atomic mass is 10.0. The third-order valence-electron chi connectivity index (χ3n) is 3.05. The molecule has 0 bridgehead atoms. The van der Waals surface area contributed by atoms with Crippen LogP contribution in [-0.2, 0) is 5.92 Å². The van der Waals surface area contributed by atoms with Gasteiger partial charge in [0.1, 0.15) is 5.56 Å². The summed E-state index contributed by atoms with van der Waals surface area (Å²) in [6, 6.07) is 5.34. The molecule has 0 unspecified atom stereocenters. The van der Waals surface area contributed by atoms with Crippen LogP contribution in [0.15, 0.2) is 41.2 Å². The van der Waals surface area contributed by atoms with Gasteiger partial charge in [0.05, 0.1) is 0 Å². The highest BCUT2D eigenvalue weighted by Gasteiger charge is 2.58. The molecule has 0 amide bonds. The number of hydrogen-bond acceptors (Lipinski definition) is 2. The average Bonchev–Trinajstić information content (AvgIpc) is 2.45. The van der Waals surface area contributed by atoms with E-state index in [9.17, 15) is 31.5 Å². The smallest absolute Gasteiger partial charge is 0.458 e. The SMILES string of the molecule is O=C(O)c1ccc(-c2ccc(C(F)(F)C(F)(F)F)cc2)[nH]c1=O. The van der Waals surface area contributed by atoms with E-state index >= 15 is 0 Å². The number of H-pyrrole nitrogens is 1. The van der Waals surface area contributed by atoms with Crippen LogP contribution in [0.2, 0.25) is 0 Å². The van der Waals surface area contributed by atoms with Crippen LogP contribution >= 0.6 is 0 Å². The molecule has 2 aromatic rings. The maximum atomic E-state index is 13.2. The van der Waals surface area contributed by atoms with E-state index in [-0.39, 0.29) is 11.3 Å². The van der Waals surface area contributed by atoms with Crippen LogP contribution in [0.4, 0.5) is 22.0 Å². The van der Waals surface area contributed by atoms with Gasteiger partial charge in [-0.05, 0) is 17.7 Å². The summed E-state index contributed by atoms with van der Waals surface area (Å²) in [6.45, 7) is 0. The molecule has 2 N–H and O–H groups in total. The molecule has 23 heavy (non-hydrogen) atoms. The predicted octanol–water partition coefficient (Wildman–Crippen LogP) is 3.39. The van der Waals surface area contributed by atoms with Crippen molar-refractivity contribution in [1.29, 1.82) is 0 Å². The molecule has 0 spiro atoms. The number of nitrogens with one attached hydrogen (secondary N) is 1. The Bertz CT molecular complexity index is 793. The molecule has 0 saturated heterocycles. The monoisotopic (exact) mass is 333 g/mol. The minimum absolute atomic E-state index is 0.0851. The fourth-order valence-corrected chi connectivity index (χ4v) is 1.83. The summed E-state index contributed by atoms with van der Waals surface area (Å²) < 4.78 is 63.1. The molecule has 0 fully saturated rings. The summed E-state index contributed by atoms with van der Waals surface area (Å²) in [5, 5.41) is 8.72. The maximum Gasteiger partial charge on any atom is 0.458 e. The van der Waals surface area contributed by atoms with Crippen molar-refractivity contribution < 1.29 is 31.9 Å². The van der Waals surface area contributed by atoms with E-state index in [1.54, 1.807) is 0 Å². The first kappa shape index (κ1) is 16.7. The van der Waals surface area contributed by atoms with Gasteiger partial charge < -0.3 is 10.1 Å². The summed E-state index contributed by atoms with van der Waals surface area (Å²) in [7, 11) is 0. The highest BCUT2D eigenvalue weighted by Crippen LogP contribution is 2.43. The summed E-state index contributed by atoms with van der Waals surface area (Å²) in [5.74, 6) is -6.44. The van der Waals surface area contributed by atoms with E-state index in [4.69, 9.17) is 5.11 Å². The molecule has 1 heterocycles. The Hall–Kier alpha value is -2.71. The second kappa shape index (κ2) is 5.49. The molecule has 1 aromatic carbocycles. The number of alkyl halides is 5. The minimum Gasteiger partial charge on any atom is -0.477 e. The van der Waals surface area contributed by atoms with E-state index in [2.05, 4.69) is 4.98 Å². The van der Waals surface area contributed by atoms with Crippen molar-refractivity contribution in [3.8, 4) is 11.3 Å². The topological polar surface area (TPSA) is 70.2 Å². The largest absolute Gasteiger partial charge is 0.477 e. The average molecular weight is 333 g/mol. The molecular weight excluding hydrogens is 325 g/mol. The number of halogens is 5. The van der Waals surface area contributed by atoms with Crippen LogP contribution in [0, 0.1) is 0 Å². The molecule has 0 aliphatic heterocycles. The highest BCUT2D eigenvalue weighted by atomic mass is 19.4. The van der Waals surface area contributed by atoms with Crippen LogP contribution in [0.5, 0.6) is 0 Å². The Kier molecular flexibility index (Phi) is 3.97. The van der Waals surface area contributed by atoms with Crippen molar-refractivity contribution in [3.05, 3.63) is 57.9 Å². The molecule has 122 valence electrons. The van der Waals surface area contributed by atoms with Gasteiger partial charge in [0.2, 0.25) is 0 Å². The molecule has 0 aliphatic carbocycles. The van der Waals surface area contributed by atoms with E-state index in [1.807, 2.05) is 0 Å². The zero-order valence-electron chi connectivity index (χ0n) is 11.1. The van der Waals surface area contributed by atoms with Crippen molar-refractivity contribution in [2.75, 3.05) is 0 Å². The number of carboxylic acids is 1. The predicted molar refractivity (Wildman–Crippen MR) is 69.4 cm³/mol. The molecule has 2 rings (SSSR count). The molecule has 4 nitrogen and oxygen atoms in total. The molecule has 0 radical (unpaired) electrons. The maximum absolute atomic E-state index is 13.2. The number of hydrogen-bond donors (Lipinski definition) is 2. The lowest BCUT2D eigenvalue weighted by molar-refractivity contribution is -0.289. The number of rotatable bonds is 3. The summed E-state index contributed by atoms with van der Waals surface area (Å²) in [4.78, 5) is 24.4. The van der Waals surface area contributed by atoms with Crippen molar-refractivity contribution in [3.63, 3.8) is 0 Å².